The normalized spacial score (nSPS) is 16.4. The second-order valence-corrected chi connectivity index (χ2v) is 7.21. The Hall–Kier alpha value is -2.16. The minimum absolute atomic E-state index is 0.00226. The first kappa shape index (κ1) is 17.3. The first-order chi connectivity index (χ1) is 12.4. The molecule has 1 aliphatic rings. The summed E-state index contributed by atoms with van der Waals surface area (Å²) in [5, 5.41) is 0. The molecule has 0 aliphatic carbocycles. The van der Waals surface area contributed by atoms with Crippen molar-refractivity contribution in [2.75, 3.05) is 18.0 Å². The molecule has 9 heteroatoms. The molecular formula is C17H15BrF3N5. The zero-order valence-electron chi connectivity index (χ0n) is 13.6. The fourth-order valence-electron chi connectivity index (χ4n) is 3.33. The third-order valence-electron chi connectivity index (χ3n) is 4.65. The van der Waals surface area contributed by atoms with E-state index in [1.807, 2.05) is 12.1 Å². The van der Waals surface area contributed by atoms with Gasteiger partial charge in [0.25, 0.3) is 0 Å². The van der Waals surface area contributed by atoms with Crippen molar-refractivity contribution in [3.63, 3.8) is 0 Å². The van der Waals surface area contributed by atoms with Gasteiger partial charge in [0.2, 0.25) is 0 Å². The number of halogens is 4. The maximum Gasteiger partial charge on any atom is 0.432 e. The van der Waals surface area contributed by atoms with Crippen LogP contribution in [0.2, 0.25) is 0 Å². The molecule has 0 aromatic carbocycles. The van der Waals surface area contributed by atoms with E-state index in [9.17, 15) is 13.2 Å². The van der Waals surface area contributed by atoms with E-state index in [4.69, 9.17) is 0 Å². The predicted molar refractivity (Wildman–Crippen MR) is 95.0 cm³/mol. The van der Waals surface area contributed by atoms with Crippen LogP contribution in [0.15, 0.2) is 35.2 Å². The molecule has 0 bridgehead atoms. The summed E-state index contributed by atoms with van der Waals surface area (Å²) >= 11 is 3.40. The SMILES string of the molecule is FC(F)(F)c1cnc(C2CCN(c3ccnc4cc(Br)cnc34)CC2)[nH]1. The summed E-state index contributed by atoms with van der Waals surface area (Å²) in [7, 11) is 0. The molecule has 0 atom stereocenters. The van der Waals surface area contributed by atoms with E-state index in [-0.39, 0.29) is 5.92 Å². The molecule has 1 saturated heterocycles. The van der Waals surface area contributed by atoms with E-state index in [0.717, 1.165) is 53.3 Å². The molecule has 0 saturated carbocycles. The first-order valence-corrected chi connectivity index (χ1v) is 8.98. The molecule has 26 heavy (non-hydrogen) atoms. The summed E-state index contributed by atoms with van der Waals surface area (Å²) < 4.78 is 39.1. The van der Waals surface area contributed by atoms with Crippen molar-refractivity contribution in [2.24, 2.45) is 0 Å². The maximum atomic E-state index is 12.7. The van der Waals surface area contributed by atoms with E-state index in [2.05, 4.69) is 40.8 Å². The minimum atomic E-state index is -4.39. The maximum absolute atomic E-state index is 12.7. The lowest BCUT2D eigenvalue weighted by Crippen LogP contribution is -2.33. The molecule has 4 heterocycles. The number of piperidine rings is 1. The highest BCUT2D eigenvalue weighted by molar-refractivity contribution is 9.10. The number of hydrogen-bond acceptors (Lipinski definition) is 4. The van der Waals surface area contributed by atoms with Gasteiger partial charge >= 0.3 is 6.18 Å². The van der Waals surface area contributed by atoms with Crippen LogP contribution in [-0.2, 0) is 6.18 Å². The highest BCUT2D eigenvalue weighted by atomic mass is 79.9. The number of rotatable bonds is 2. The third kappa shape index (κ3) is 3.27. The van der Waals surface area contributed by atoms with Crippen LogP contribution >= 0.6 is 15.9 Å². The molecule has 0 amide bonds. The number of aromatic nitrogens is 4. The average molecular weight is 426 g/mol. The lowest BCUT2D eigenvalue weighted by Gasteiger charge is -2.33. The van der Waals surface area contributed by atoms with Gasteiger partial charge < -0.3 is 9.88 Å². The number of H-pyrrole nitrogens is 1. The highest BCUT2D eigenvalue weighted by Gasteiger charge is 2.34. The van der Waals surface area contributed by atoms with Crippen LogP contribution in [0.5, 0.6) is 0 Å². The minimum Gasteiger partial charge on any atom is -0.370 e. The van der Waals surface area contributed by atoms with Crippen LogP contribution in [0.4, 0.5) is 18.9 Å². The van der Waals surface area contributed by atoms with E-state index in [0.29, 0.717) is 5.82 Å². The molecular weight excluding hydrogens is 411 g/mol. The monoisotopic (exact) mass is 425 g/mol. The van der Waals surface area contributed by atoms with Gasteiger partial charge in [-0.1, -0.05) is 0 Å². The molecule has 1 aliphatic heterocycles. The molecule has 3 aromatic rings. The van der Waals surface area contributed by atoms with Crippen molar-refractivity contribution in [3.05, 3.63) is 46.7 Å². The number of aromatic amines is 1. The lowest BCUT2D eigenvalue weighted by atomic mass is 9.95. The van der Waals surface area contributed by atoms with E-state index in [1.165, 1.54) is 0 Å². The Labute approximate surface area is 155 Å². The number of nitrogens with one attached hydrogen (secondary N) is 1. The zero-order chi connectivity index (χ0) is 18.3. The Balaban J connectivity index is 1.51. The van der Waals surface area contributed by atoms with Crippen molar-refractivity contribution in [3.8, 4) is 0 Å². The van der Waals surface area contributed by atoms with Gasteiger partial charge in [0.05, 0.1) is 17.4 Å². The molecule has 5 nitrogen and oxygen atoms in total. The second-order valence-electron chi connectivity index (χ2n) is 6.29. The van der Waals surface area contributed by atoms with E-state index in [1.54, 1.807) is 12.4 Å². The number of anilines is 1. The summed E-state index contributed by atoms with van der Waals surface area (Å²) in [6.45, 7) is 1.45. The van der Waals surface area contributed by atoms with Crippen LogP contribution in [0.25, 0.3) is 11.0 Å². The molecule has 0 spiro atoms. The highest BCUT2D eigenvalue weighted by Crippen LogP contribution is 2.34. The molecule has 0 radical (unpaired) electrons. The van der Waals surface area contributed by atoms with E-state index >= 15 is 0 Å². The van der Waals surface area contributed by atoms with Crippen molar-refractivity contribution in [2.45, 2.75) is 24.9 Å². The van der Waals surface area contributed by atoms with Gasteiger partial charge in [-0.3, -0.25) is 9.97 Å². The third-order valence-corrected chi connectivity index (χ3v) is 5.08. The smallest absolute Gasteiger partial charge is 0.370 e. The Bertz CT molecular complexity index is 932. The quantitative estimate of drug-likeness (QED) is 0.655. The fourth-order valence-corrected chi connectivity index (χ4v) is 3.65. The van der Waals surface area contributed by atoms with Crippen LogP contribution in [0.1, 0.15) is 30.3 Å². The Morgan fingerprint density at radius 1 is 1.12 bits per heavy atom. The lowest BCUT2D eigenvalue weighted by molar-refractivity contribution is -0.141. The number of nitrogens with zero attached hydrogens (tertiary/aromatic N) is 4. The second kappa shape index (κ2) is 6.53. The van der Waals surface area contributed by atoms with Crippen molar-refractivity contribution in [1.29, 1.82) is 0 Å². The fraction of sp³-hybridized carbons (Fsp3) is 0.353. The Kier molecular flexibility index (Phi) is 4.34. The number of alkyl halides is 3. The molecule has 1 N–H and O–H groups in total. The van der Waals surface area contributed by atoms with Crippen LogP contribution in [-0.4, -0.2) is 33.0 Å². The summed E-state index contributed by atoms with van der Waals surface area (Å²) in [5.41, 5.74) is 1.84. The van der Waals surface area contributed by atoms with Crippen LogP contribution < -0.4 is 4.90 Å². The number of imidazole rings is 1. The molecule has 0 unspecified atom stereocenters. The largest absolute Gasteiger partial charge is 0.432 e. The number of pyridine rings is 2. The van der Waals surface area contributed by atoms with Gasteiger partial charge in [0.15, 0.2) is 0 Å². The zero-order valence-corrected chi connectivity index (χ0v) is 15.2. The number of hydrogen-bond donors (Lipinski definition) is 1. The standard InChI is InChI=1S/C17H15BrF3N5/c18-11-7-12-15(23-8-11)13(1-4-22-12)26-5-2-10(3-6-26)16-24-9-14(25-16)17(19,20)21/h1,4,7-10H,2-3,5-6H2,(H,24,25). The van der Waals surface area contributed by atoms with Crippen LogP contribution in [0, 0.1) is 0 Å². The van der Waals surface area contributed by atoms with E-state index < -0.39 is 11.9 Å². The Morgan fingerprint density at radius 3 is 2.58 bits per heavy atom. The summed E-state index contributed by atoms with van der Waals surface area (Å²) in [4.78, 5) is 17.4. The summed E-state index contributed by atoms with van der Waals surface area (Å²) in [6.07, 6.45) is 1.43. The molecule has 3 aromatic heterocycles. The summed E-state index contributed by atoms with van der Waals surface area (Å²) in [6, 6.07) is 3.85. The van der Waals surface area contributed by atoms with Crippen molar-refractivity contribution < 1.29 is 13.2 Å². The van der Waals surface area contributed by atoms with Gasteiger partial charge in [0.1, 0.15) is 17.0 Å². The summed E-state index contributed by atoms with van der Waals surface area (Å²) in [5.74, 6) is 0.413. The number of fused-ring (bicyclic) bond motifs is 1. The van der Waals surface area contributed by atoms with Crippen molar-refractivity contribution >= 4 is 32.7 Å². The van der Waals surface area contributed by atoms with Gasteiger partial charge in [-0.25, -0.2) is 4.98 Å². The van der Waals surface area contributed by atoms with Crippen LogP contribution in [0.3, 0.4) is 0 Å². The molecule has 136 valence electrons. The van der Waals surface area contributed by atoms with Gasteiger partial charge in [-0.2, -0.15) is 13.2 Å². The molecule has 4 rings (SSSR count). The topological polar surface area (TPSA) is 57.7 Å². The van der Waals surface area contributed by atoms with Gasteiger partial charge in [-0.15, -0.1) is 0 Å². The Morgan fingerprint density at radius 2 is 1.88 bits per heavy atom. The average Bonchev–Trinajstić information content (AvgIpc) is 3.12. The van der Waals surface area contributed by atoms with Gasteiger partial charge in [0, 0.05) is 35.9 Å². The van der Waals surface area contributed by atoms with Crippen molar-refractivity contribution in [1.82, 2.24) is 19.9 Å². The molecule has 1 fully saturated rings. The predicted octanol–water partition coefficient (Wildman–Crippen LogP) is 4.52. The van der Waals surface area contributed by atoms with Gasteiger partial charge in [-0.05, 0) is 40.9 Å². The first-order valence-electron chi connectivity index (χ1n) is 8.19.